The molecule has 1 heterocycles. The number of ether oxygens (including phenoxy) is 2. The zero-order chi connectivity index (χ0) is 13.1. The summed E-state index contributed by atoms with van der Waals surface area (Å²) in [6.45, 7) is 5.09. The highest BCUT2D eigenvalue weighted by atomic mass is 16.5. The highest BCUT2D eigenvalue weighted by Gasteiger charge is 2.11. The Labute approximate surface area is 110 Å². The van der Waals surface area contributed by atoms with E-state index in [1.54, 1.807) is 0 Å². The van der Waals surface area contributed by atoms with Gasteiger partial charge in [0.2, 0.25) is 0 Å². The van der Waals surface area contributed by atoms with Crippen molar-refractivity contribution in [3.05, 3.63) is 0 Å². The molecular weight excluding hydrogens is 230 g/mol. The molecule has 0 aromatic carbocycles. The van der Waals surface area contributed by atoms with Gasteiger partial charge in [0.1, 0.15) is 0 Å². The third-order valence-electron chi connectivity index (χ3n) is 3.21. The molecule has 1 rings (SSSR count). The average Bonchev–Trinajstić information content (AvgIpc) is 2.39. The Morgan fingerprint density at radius 1 is 1.28 bits per heavy atom. The summed E-state index contributed by atoms with van der Waals surface area (Å²) in [5.41, 5.74) is 0. The second-order valence-electron chi connectivity index (χ2n) is 4.84. The molecule has 1 aliphatic rings. The van der Waals surface area contributed by atoms with E-state index in [1.165, 1.54) is 19.3 Å². The Morgan fingerprint density at radius 3 is 2.89 bits per heavy atom. The van der Waals surface area contributed by atoms with Crippen molar-refractivity contribution in [2.75, 3.05) is 26.4 Å². The van der Waals surface area contributed by atoms with Crippen LogP contribution < -0.4 is 5.32 Å². The number of piperidine rings is 1. The Bertz CT molecular complexity index is 215. The van der Waals surface area contributed by atoms with Gasteiger partial charge >= 0.3 is 5.97 Å². The number of esters is 1. The normalized spacial score (nSPS) is 19.7. The van der Waals surface area contributed by atoms with Gasteiger partial charge in [-0.1, -0.05) is 12.8 Å². The van der Waals surface area contributed by atoms with Crippen molar-refractivity contribution < 1.29 is 14.3 Å². The molecule has 106 valence electrons. The van der Waals surface area contributed by atoms with E-state index < -0.39 is 0 Å². The molecule has 4 nitrogen and oxygen atoms in total. The lowest BCUT2D eigenvalue weighted by Gasteiger charge is -2.23. The van der Waals surface area contributed by atoms with Crippen LogP contribution in [0, 0.1) is 0 Å². The maximum atomic E-state index is 11.1. The molecule has 0 radical (unpaired) electrons. The van der Waals surface area contributed by atoms with E-state index >= 15 is 0 Å². The number of unbranched alkanes of at least 4 members (excludes halogenated alkanes) is 2. The largest absolute Gasteiger partial charge is 0.466 e. The quantitative estimate of drug-likeness (QED) is 0.508. The second-order valence-corrected chi connectivity index (χ2v) is 4.84. The number of carbonyl (C=O) groups is 1. The molecule has 0 aromatic heterocycles. The van der Waals surface area contributed by atoms with Crippen molar-refractivity contribution >= 4 is 5.97 Å². The standard InChI is InChI=1S/C14H27NO3/c1-2-18-14(16)9-4-3-7-11-17-12-13-8-5-6-10-15-13/h13,15H,2-12H2,1H3. The number of hydrogen-bond donors (Lipinski definition) is 1. The van der Waals surface area contributed by atoms with Gasteiger partial charge in [0, 0.05) is 19.1 Å². The minimum atomic E-state index is -0.0789. The summed E-state index contributed by atoms with van der Waals surface area (Å²) in [5, 5.41) is 3.46. The maximum Gasteiger partial charge on any atom is 0.305 e. The van der Waals surface area contributed by atoms with Gasteiger partial charge in [-0.3, -0.25) is 4.79 Å². The number of rotatable bonds is 9. The van der Waals surface area contributed by atoms with Crippen LogP contribution in [0.2, 0.25) is 0 Å². The van der Waals surface area contributed by atoms with Crippen LogP contribution in [0.15, 0.2) is 0 Å². The number of carbonyl (C=O) groups excluding carboxylic acids is 1. The van der Waals surface area contributed by atoms with Crippen LogP contribution in [0.1, 0.15) is 51.9 Å². The lowest BCUT2D eigenvalue weighted by atomic mass is 10.1. The highest BCUT2D eigenvalue weighted by Crippen LogP contribution is 2.07. The summed E-state index contributed by atoms with van der Waals surface area (Å²) in [5.74, 6) is -0.0789. The van der Waals surface area contributed by atoms with Crippen LogP contribution in [0.4, 0.5) is 0 Å². The average molecular weight is 257 g/mol. The third kappa shape index (κ3) is 7.67. The van der Waals surface area contributed by atoms with Crippen molar-refractivity contribution in [1.29, 1.82) is 0 Å². The van der Waals surface area contributed by atoms with E-state index in [4.69, 9.17) is 9.47 Å². The Hall–Kier alpha value is -0.610. The fraction of sp³-hybridized carbons (Fsp3) is 0.929. The van der Waals surface area contributed by atoms with Gasteiger partial charge in [-0.05, 0) is 39.2 Å². The molecule has 0 aliphatic carbocycles. The first-order valence-electron chi connectivity index (χ1n) is 7.29. The van der Waals surface area contributed by atoms with Crippen LogP contribution in [0.25, 0.3) is 0 Å². The molecule has 0 saturated carbocycles. The topological polar surface area (TPSA) is 47.6 Å². The van der Waals surface area contributed by atoms with E-state index in [9.17, 15) is 4.79 Å². The van der Waals surface area contributed by atoms with Gasteiger partial charge in [0.15, 0.2) is 0 Å². The SMILES string of the molecule is CCOC(=O)CCCCCOCC1CCCCN1. The van der Waals surface area contributed by atoms with Gasteiger partial charge in [-0.2, -0.15) is 0 Å². The third-order valence-corrected chi connectivity index (χ3v) is 3.21. The van der Waals surface area contributed by atoms with Crippen LogP contribution in [0.3, 0.4) is 0 Å². The molecule has 4 heteroatoms. The van der Waals surface area contributed by atoms with Crippen molar-refractivity contribution in [2.45, 2.75) is 57.9 Å². The highest BCUT2D eigenvalue weighted by molar-refractivity contribution is 5.69. The molecule has 1 fully saturated rings. The van der Waals surface area contributed by atoms with Crippen LogP contribution in [-0.4, -0.2) is 38.4 Å². The summed E-state index contributed by atoms with van der Waals surface area (Å²) < 4.78 is 10.5. The minimum Gasteiger partial charge on any atom is -0.466 e. The van der Waals surface area contributed by atoms with Gasteiger partial charge in [-0.25, -0.2) is 0 Å². The summed E-state index contributed by atoms with van der Waals surface area (Å²) >= 11 is 0. The van der Waals surface area contributed by atoms with E-state index in [0.29, 0.717) is 19.1 Å². The Kier molecular flexibility index (Phi) is 8.86. The summed E-state index contributed by atoms with van der Waals surface area (Å²) in [6, 6.07) is 0.554. The molecule has 1 N–H and O–H groups in total. The van der Waals surface area contributed by atoms with Crippen molar-refractivity contribution in [3.63, 3.8) is 0 Å². The van der Waals surface area contributed by atoms with E-state index in [2.05, 4.69) is 5.32 Å². The Balaban J connectivity index is 1.82. The van der Waals surface area contributed by atoms with E-state index in [1.807, 2.05) is 6.92 Å². The van der Waals surface area contributed by atoms with Gasteiger partial charge < -0.3 is 14.8 Å². The lowest BCUT2D eigenvalue weighted by molar-refractivity contribution is -0.143. The first-order chi connectivity index (χ1) is 8.83. The summed E-state index contributed by atoms with van der Waals surface area (Å²) in [7, 11) is 0. The first-order valence-corrected chi connectivity index (χ1v) is 7.29. The molecule has 18 heavy (non-hydrogen) atoms. The molecule has 1 unspecified atom stereocenters. The van der Waals surface area contributed by atoms with E-state index in [0.717, 1.165) is 39.0 Å². The summed E-state index contributed by atoms with van der Waals surface area (Å²) in [4.78, 5) is 11.1. The number of hydrogen-bond acceptors (Lipinski definition) is 4. The lowest BCUT2D eigenvalue weighted by Crippen LogP contribution is -2.37. The summed E-state index contributed by atoms with van der Waals surface area (Å²) in [6.07, 6.45) is 7.37. The molecule has 1 atom stereocenters. The first kappa shape index (κ1) is 15.4. The smallest absolute Gasteiger partial charge is 0.305 e. The predicted octanol–water partition coefficient (Wildman–Crippen LogP) is 2.27. The fourth-order valence-corrected chi connectivity index (χ4v) is 2.18. The zero-order valence-electron chi connectivity index (χ0n) is 11.6. The van der Waals surface area contributed by atoms with Gasteiger partial charge in [0.05, 0.1) is 13.2 Å². The molecule has 0 amide bonds. The molecule has 0 aromatic rings. The van der Waals surface area contributed by atoms with Crippen LogP contribution in [0.5, 0.6) is 0 Å². The van der Waals surface area contributed by atoms with Crippen molar-refractivity contribution in [3.8, 4) is 0 Å². The molecular formula is C14H27NO3. The zero-order valence-corrected chi connectivity index (χ0v) is 11.6. The van der Waals surface area contributed by atoms with E-state index in [-0.39, 0.29) is 5.97 Å². The molecule has 0 spiro atoms. The van der Waals surface area contributed by atoms with Gasteiger partial charge in [0.25, 0.3) is 0 Å². The predicted molar refractivity (Wildman–Crippen MR) is 71.6 cm³/mol. The van der Waals surface area contributed by atoms with Gasteiger partial charge in [-0.15, -0.1) is 0 Å². The number of nitrogens with one attached hydrogen (secondary N) is 1. The molecule has 1 saturated heterocycles. The monoisotopic (exact) mass is 257 g/mol. The maximum absolute atomic E-state index is 11.1. The second kappa shape index (κ2) is 10.3. The molecule has 1 aliphatic heterocycles. The molecule has 0 bridgehead atoms. The van der Waals surface area contributed by atoms with Crippen LogP contribution >= 0.6 is 0 Å². The van der Waals surface area contributed by atoms with Crippen molar-refractivity contribution in [1.82, 2.24) is 5.32 Å². The minimum absolute atomic E-state index is 0.0789. The van der Waals surface area contributed by atoms with Crippen molar-refractivity contribution in [2.24, 2.45) is 0 Å². The fourth-order valence-electron chi connectivity index (χ4n) is 2.18. The Morgan fingerprint density at radius 2 is 2.17 bits per heavy atom. The van der Waals surface area contributed by atoms with Crippen LogP contribution in [-0.2, 0) is 14.3 Å².